The number of ketones is 1. The predicted octanol–water partition coefficient (Wildman–Crippen LogP) is 5.26. The van der Waals surface area contributed by atoms with Crippen LogP contribution in [0.4, 0.5) is 5.82 Å². The van der Waals surface area contributed by atoms with Crippen molar-refractivity contribution in [3.63, 3.8) is 0 Å². The van der Waals surface area contributed by atoms with Crippen LogP contribution in [0, 0.1) is 5.92 Å². The summed E-state index contributed by atoms with van der Waals surface area (Å²) in [6, 6.07) is 8.99. The molecule has 0 unspecified atom stereocenters. The van der Waals surface area contributed by atoms with Crippen molar-refractivity contribution in [3.8, 4) is 28.3 Å². The summed E-state index contributed by atoms with van der Waals surface area (Å²) in [5.74, 6) is 0.509. The molecule has 0 radical (unpaired) electrons. The first-order valence-corrected chi connectivity index (χ1v) is 11.1. The molecule has 0 spiro atoms. The number of carbonyl (C=O) groups excluding carboxylic acids is 2. The number of aromatic amines is 1. The lowest BCUT2D eigenvalue weighted by atomic mass is 9.99. The lowest BCUT2D eigenvalue weighted by molar-refractivity contribution is -0.114. The number of hydrogen-bond donors (Lipinski definition) is 2. The molecule has 4 heterocycles. The fourth-order valence-corrected chi connectivity index (χ4v) is 4.02. The Kier molecular flexibility index (Phi) is 6.24. The number of rotatable bonds is 6. The Hall–Kier alpha value is -3.59. The molecular weight excluding hydrogens is 486 g/mol. The quantitative estimate of drug-likeness (QED) is 0.272. The minimum Gasteiger partial charge on any atom is -0.481 e. The molecular formula is C24H22BrN5O3. The summed E-state index contributed by atoms with van der Waals surface area (Å²) in [6.45, 7) is 5.16. The molecule has 0 fully saturated rings. The third kappa shape index (κ3) is 4.49. The number of anilines is 1. The molecule has 1 amide bonds. The lowest BCUT2D eigenvalue weighted by Crippen LogP contribution is -2.08. The molecule has 0 aliphatic rings. The van der Waals surface area contributed by atoms with E-state index >= 15 is 0 Å². The topological polar surface area (TPSA) is 110 Å². The van der Waals surface area contributed by atoms with Gasteiger partial charge in [0.2, 0.25) is 11.8 Å². The second kappa shape index (κ2) is 9.11. The molecule has 4 aromatic heterocycles. The highest BCUT2D eigenvalue weighted by Gasteiger charge is 2.23. The number of methoxy groups -OCH3 is 1. The molecule has 4 aromatic rings. The normalized spacial score (nSPS) is 11.1. The van der Waals surface area contributed by atoms with Gasteiger partial charge in [0.25, 0.3) is 0 Å². The number of nitrogens with one attached hydrogen (secondary N) is 2. The summed E-state index contributed by atoms with van der Waals surface area (Å²) in [7, 11) is 1.56. The van der Waals surface area contributed by atoms with Crippen LogP contribution < -0.4 is 10.1 Å². The first-order valence-electron chi connectivity index (χ1n) is 10.3. The summed E-state index contributed by atoms with van der Waals surface area (Å²) in [6.07, 6.45) is 3.32. The molecule has 4 rings (SSSR count). The smallest absolute Gasteiger partial charge is 0.222 e. The summed E-state index contributed by atoms with van der Waals surface area (Å²) < 4.78 is 5.76. The number of Topliss-reactive ketones (excluding diaryl/α,β-unsaturated/α-hetero) is 1. The average Bonchev–Trinajstić information content (AvgIpc) is 3.17. The molecule has 9 heteroatoms. The van der Waals surface area contributed by atoms with Gasteiger partial charge in [0.15, 0.2) is 5.78 Å². The maximum Gasteiger partial charge on any atom is 0.222 e. The molecule has 0 aliphatic carbocycles. The van der Waals surface area contributed by atoms with Crippen molar-refractivity contribution < 1.29 is 14.3 Å². The predicted molar refractivity (Wildman–Crippen MR) is 130 cm³/mol. The highest BCUT2D eigenvalue weighted by atomic mass is 79.9. The number of ether oxygens (including phenoxy) is 1. The lowest BCUT2D eigenvalue weighted by Gasteiger charge is -2.08. The second-order valence-electron chi connectivity index (χ2n) is 7.81. The Labute approximate surface area is 199 Å². The monoisotopic (exact) mass is 507 g/mol. The molecule has 0 atom stereocenters. The van der Waals surface area contributed by atoms with E-state index in [4.69, 9.17) is 9.72 Å². The molecule has 0 bridgehead atoms. The van der Waals surface area contributed by atoms with E-state index in [-0.39, 0.29) is 17.6 Å². The summed E-state index contributed by atoms with van der Waals surface area (Å²) in [5, 5.41) is 2.71. The van der Waals surface area contributed by atoms with Crippen LogP contribution in [0.15, 0.2) is 47.3 Å². The third-order valence-electron chi connectivity index (χ3n) is 5.10. The van der Waals surface area contributed by atoms with E-state index in [1.165, 1.54) is 6.92 Å². The summed E-state index contributed by atoms with van der Waals surface area (Å²) in [5.41, 5.74) is 4.89. The highest BCUT2D eigenvalue weighted by Crippen LogP contribution is 2.40. The molecule has 0 aliphatic heterocycles. The van der Waals surface area contributed by atoms with E-state index in [1.54, 1.807) is 37.7 Å². The van der Waals surface area contributed by atoms with Crippen LogP contribution in [0.1, 0.15) is 31.1 Å². The SMILES string of the molecule is COc1ccc(-c2c(-c3ccnc(NC(C)=O)c3)[nH]c3c(C(=O)C(C)C)cc(Br)nc23)cn1. The average molecular weight is 508 g/mol. The van der Waals surface area contributed by atoms with Gasteiger partial charge in [0.1, 0.15) is 10.4 Å². The van der Waals surface area contributed by atoms with Gasteiger partial charge in [-0.2, -0.15) is 0 Å². The Balaban J connectivity index is 2.03. The summed E-state index contributed by atoms with van der Waals surface area (Å²) >= 11 is 3.46. The van der Waals surface area contributed by atoms with Crippen molar-refractivity contribution in [2.75, 3.05) is 12.4 Å². The van der Waals surface area contributed by atoms with Crippen molar-refractivity contribution in [1.82, 2.24) is 19.9 Å². The van der Waals surface area contributed by atoms with Gasteiger partial charge in [0, 0.05) is 53.6 Å². The van der Waals surface area contributed by atoms with Crippen molar-refractivity contribution in [1.29, 1.82) is 0 Å². The van der Waals surface area contributed by atoms with Crippen molar-refractivity contribution in [3.05, 3.63) is 52.9 Å². The number of hydrogen-bond acceptors (Lipinski definition) is 6. The highest BCUT2D eigenvalue weighted by molar-refractivity contribution is 9.10. The Bertz CT molecular complexity index is 1360. The first kappa shape index (κ1) is 22.6. The molecule has 2 N–H and O–H groups in total. The largest absolute Gasteiger partial charge is 0.481 e. The Morgan fingerprint density at radius 3 is 2.55 bits per heavy atom. The minimum atomic E-state index is -0.216. The van der Waals surface area contributed by atoms with Gasteiger partial charge < -0.3 is 15.0 Å². The second-order valence-corrected chi connectivity index (χ2v) is 8.62. The number of pyridine rings is 3. The van der Waals surface area contributed by atoms with Gasteiger partial charge in [-0.25, -0.2) is 15.0 Å². The van der Waals surface area contributed by atoms with Crippen molar-refractivity contribution in [2.45, 2.75) is 20.8 Å². The zero-order chi connectivity index (χ0) is 23.7. The Morgan fingerprint density at radius 1 is 1.12 bits per heavy atom. The van der Waals surface area contributed by atoms with Crippen LogP contribution in [-0.4, -0.2) is 38.7 Å². The van der Waals surface area contributed by atoms with Crippen LogP contribution in [-0.2, 0) is 4.79 Å². The van der Waals surface area contributed by atoms with E-state index in [2.05, 4.69) is 36.2 Å². The maximum absolute atomic E-state index is 13.0. The molecule has 0 aromatic carbocycles. The minimum absolute atomic E-state index is 0.00368. The third-order valence-corrected chi connectivity index (χ3v) is 5.51. The number of nitrogens with zero attached hydrogens (tertiary/aromatic N) is 3. The number of carbonyl (C=O) groups is 2. The van der Waals surface area contributed by atoms with Crippen LogP contribution in [0.25, 0.3) is 33.4 Å². The van der Waals surface area contributed by atoms with Gasteiger partial charge in [-0.1, -0.05) is 13.8 Å². The molecule has 0 saturated heterocycles. The fraction of sp³-hybridized carbons (Fsp3) is 0.208. The zero-order valence-corrected chi connectivity index (χ0v) is 20.1. The number of amides is 1. The zero-order valence-electron chi connectivity index (χ0n) is 18.6. The summed E-state index contributed by atoms with van der Waals surface area (Å²) in [4.78, 5) is 41.2. The van der Waals surface area contributed by atoms with Crippen LogP contribution in [0.3, 0.4) is 0 Å². The van der Waals surface area contributed by atoms with Crippen LogP contribution in [0.5, 0.6) is 5.88 Å². The standard InChI is InChI=1S/C24H22BrN5O3/c1-12(2)24(32)16-10-17(25)29-23-20(15-5-6-19(33-4)27-11-15)21(30-22(16)23)14-7-8-26-18(9-14)28-13(3)31/h5-12,30H,1-4H3,(H,26,28,31). The van der Waals surface area contributed by atoms with Gasteiger partial charge in [0.05, 0.1) is 23.8 Å². The van der Waals surface area contributed by atoms with E-state index in [0.29, 0.717) is 32.9 Å². The number of H-pyrrole nitrogens is 1. The van der Waals surface area contributed by atoms with Crippen LogP contribution >= 0.6 is 15.9 Å². The van der Waals surface area contributed by atoms with Crippen LogP contribution in [0.2, 0.25) is 0 Å². The van der Waals surface area contributed by atoms with Crippen molar-refractivity contribution >= 4 is 44.5 Å². The molecule has 0 saturated carbocycles. The number of aromatic nitrogens is 4. The molecule has 168 valence electrons. The number of halogens is 1. The first-order chi connectivity index (χ1) is 15.8. The maximum atomic E-state index is 13.0. The number of fused-ring (bicyclic) bond motifs is 1. The van der Waals surface area contributed by atoms with E-state index in [1.807, 2.05) is 26.0 Å². The Morgan fingerprint density at radius 2 is 1.91 bits per heavy atom. The van der Waals surface area contributed by atoms with E-state index in [9.17, 15) is 9.59 Å². The van der Waals surface area contributed by atoms with Gasteiger partial charge in [-0.3, -0.25) is 9.59 Å². The van der Waals surface area contributed by atoms with Crippen molar-refractivity contribution in [2.24, 2.45) is 5.92 Å². The van der Waals surface area contributed by atoms with E-state index in [0.717, 1.165) is 22.4 Å². The van der Waals surface area contributed by atoms with E-state index < -0.39 is 0 Å². The molecule has 33 heavy (non-hydrogen) atoms. The van der Waals surface area contributed by atoms with Gasteiger partial charge in [-0.15, -0.1) is 0 Å². The fourth-order valence-electron chi connectivity index (χ4n) is 3.61. The molecule has 8 nitrogen and oxygen atoms in total. The van der Waals surface area contributed by atoms with Gasteiger partial charge in [-0.05, 0) is 40.2 Å². The van der Waals surface area contributed by atoms with Gasteiger partial charge >= 0.3 is 0 Å².